The number of nitriles is 1. The molecule has 0 amide bonds. The molecule has 0 aliphatic heterocycles. The van der Waals surface area contributed by atoms with Gasteiger partial charge in [0.1, 0.15) is 0 Å². The second-order valence-electron chi connectivity index (χ2n) is 4.15. The summed E-state index contributed by atoms with van der Waals surface area (Å²) < 4.78 is 0.887. The number of anilines is 2. The standard InChI is InChI=1S/C13H14N4S2/c1-9(7-14)8-18-13-17-16-12(19-13)15-11-6-4-3-5-10(11)2/h3-6,9H,8H2,1-2H3,(H,15,16)/t9-/m0/s1. The zero-order valence-corrected chi connectivity index (χ0v) is 12.4. The van der Waals surface area contributed by atoms with Gasteiger partial charge in [-0.3, -0.25) is 0 Å². The fourth-order valence-corrected chi connectivity index (χ4v) is 3.11. The first-order chi connectivity index (χ1) is 9.19. The molecule has 1 heterocycles. The number of benzene rings is 1. The molecule has 0 aliphatic rings. The Morgan fingerprint density at radius 1 is 1.42 bits per heavy atom. The van der Waals surface area contributed by atoms with E-state index in [0.29, 0.717) is 0 Å². The number of thioether (sulfide) groups is 1. The van der Waals surface area contributed by atoms with Gasteiger partial charge in [-0.1, -0.05) is 41.3 Å². The fourth-order valence-electron chi connectivity index (χ4n) is 1.38. The molecule has 98 valence electrons. The molecule has 2 aromatic rings. The number of nitrogens with one attached hydrogen (secondary N) is 1. The second kappa shape index (κ2) is 6.55. The summed E-state index contributed by atoms with van der Waals surface area (Å²) in [7, 11) is 0. The molecule has 19 heavy (non-hydrogen) atoms. The van der Waals surface area contributed by atoms with Gasteiger partial charge in [0.2, 0.25) is 5.13 Å². The Labute approximate surface area is 120 Å². The third-order valence-corrected chi connectivity index (χ3v) is 4.70. The Morgan fingerprint density at radius 2 is 2.21 bits per heavy atom. The van der Waals surface area contributed by atoms with Crippen LogP contribution in [0.15, 0.2) is 28.6 Å². The first-order valence-corrected chi connectivity index (χ1v) is 7.68. The van der Waals surface area contributed by atoms with Gasteiger partial charge in [-0.2, -0.15) is 5.26 Å². The van der Waals surface area contributed by atoms with E-state index in [2.05, 4.69) is 21.6 Å². The first-order valence-electron chi connectivity index (χ1n) is 5.87. The van der Waals surface area contributed by atoms with Crippen molar-refractivity contribution in [3.05, 3.63) is 29.8 Å². The minimum atomic E-state index is 0.0293. The zero-order valence-electron chi connectivity index (χ0n) is 10.8. The number of hydrogen-bond acceptors (Lipinski definition) is 6. The van der Waals surface area contributed by atoms with Crippen LogP contribution < -0.4 is 5.32 Å². The maximum Gasteiger partial charge on any atom is 0.210 e. The topological polar surface area (TPSA) is 61.6 Å². The number of aryl methyl sites for hydroxylation is 1. The summed E-state index contributed by atoms with van der Waals surface area (Å²) in [5.41, 5.74) is 2.21. The highest BCUT2D eigenvalue weighted by molar-refractivity contribution is 8.01. The van der Waals surface area contributed by atoms with E-state index in [1.807, 2.05) is 38.1 Å². The molecule has 1 atom stereocenters. The molecule has 4 nitrogen and oxygen atoms in total. The van der Waals surface area contributed by atoms with E-state index in [1.165, 1.54) is 16.9 Å². The van der Waals surface area contributed by atoms with Crippen LogP contribution in [0, 0.1) is 24.2 Å². The Hall–Kier alpha value is -1.58. The number of para-hydroxylation sites is 1. The summed E-state index contributed by atoms with van der Waals surface area (Å²) in [4.78, 5) is 0. The third-order valence-electron chi connectivity index (χ3n) is 2.47. The van der Waals surface area contributed by atoms with Crippen LogP contribution >= 0.6 is 23.1 Å². The molecule has 1 aromatic heterocycles. The Bertz CT molecular complexity index is 588. The van der Waals surface area contributed by atoms with E-state index < -0.39 is 0 Å². The highest BCUT2D eigenvalue weighted by Crippen LogP contribution is 2.29. The van der Waals surface area contributed by atoms with E-state index in [4.69, 9.17) is 5.26 Å². The Balaban J connectivity index is 1.98. The van der Waals surface area contributed by atoms with Crippen molar-refractivity contribution >= 4 is 33.9 Å². The van der Waals surface area contributed by atoms with Gasteiger partial charge in [-0.15, -0.1) is 10.2 Å². The number of nitrogens with zero attached hydrogens (tertiary/aromatic N) is 3. The van der Waals surface area contributed by atoms with Crippen LogP contribution in [-0.2, 0) is 0 Å². The number of aromatic nitrogens is 2. The van der Waals surface area contributed by atoms with Crippen LogP contribution in [0.4, 0.5) is 10.8 Å². The Kier molecular flexibility index (Phi) is 4.77. The van der Waals surface area contributed by atoms with Gasteiger partial charge in [-0.05, 0) is 25.5 Å². The van der Waals surface area contributed by atoms with Crippen LogP contribution in [0.1, 0.15) is 12.5 Å². The third kappa shape index (κ3) is 3.94. The molecule has 0 saturated carbocycles. The summed E-state index contributed by atoms with van der Waals surface area (Å²) in [6, 6.07) is 10.3. The molecule has 0 fully saturated rings. The minimum absolute atomic E-state index is 0.0293. The molecule has 0 spiro atoms. The highest BCUT2D eigenvalue weighted by atomic mass is 32.2. The smallest absolute Gasteiger partial charge is 0.210 e. The average molecular weight is 290 g/mol. The van der Waals surface area contributed by atoms with Crippen LogP contribution in [0.3, 0.4) is 0 Å². The highest BCUT2D eigenvalue weighted by Gasteiger charge is 2.08. The molecule has 0 unspecified atom stereocenters. The van der Waals surface area contributed by atoms with Gasteiger partial charge in [-0.25, -0.2) is 0 Å². The van der Waals surface area contributed by atoms with Crippen LogP contribution in [0.5, 0.6) is 0 Å². The second-order valence-corrected chi connectivity index (χ2v) is 6.40. The van der Waals surface area contributed by atoms with E-state index in [9.17, 15) is 0 Å². The normalized spacial score (nSPS) is 11.8. The minimum Gasteiger partial charge on any atom is -0.330 e. The first kappa shape index (κ1) is 13.8. The lowest BCUT2D eigenvalue weighted by Crippen LogP contribution is -1.92. The predicted molar refractivity (Wildman–Crippen MR) is 79.9 cm³/mol. The van der Waals surface area contributed by atoms with Gasteiger partial charge in [0.15, 0.2) is 4.34 Å². The lowest BCUT2D eigenvalue weighted by molar-refractivity contribution is 0.862. The molecule has 6 heteroatoms. The van der Waals surface area contributed by atoms with Crippen molar-refractivity contribution in [2.75, 3.05) is 11.1 Å². The molecule has 2 rings (SSSR count). The molecule has 0 radical (unpaired) electrons. The van der Waals surface area contributed by atoms with Crippen LogP contribution in [-0.4, -0.2) is 16.0 Å². The lowest BCUT2D eigenvalue weighted by atomic mass is 10.2. The molecule has 0 aliphatic carbocycles. The zero-order chi connectivity index (χ0) is 13.7. The van der Waals surface area contributed by atoms with Crippen LogP contribution in [0.2, 0.25) is 0 Å². The molecule has 1 aromatic carbocycles. The summed E-state index contributed by atoms with van der Waals surface area (Å²) in [6.45, 7) is 3.95. The van der Waals surface area contributed by atoms with Crippen molar-refractivity contribution < 1.29 is 0 Å². The van der Waals surface area contributed by atoms with Crippen molar-refractivity contribution in [3.63, 3.8) is 0 Å². The summed E-state index contributed by atoms with van der Waals surface area (Å²) in [5.74, 6) is 0.775. The van der Waals surface area contributed by atoms with Gasteiger partial charge < -0.3 is 5.32 Å². The summed E-state index contributed by atoms with van der Waals surface area (Å²) in [6.07, 6.45) is 0. The van der Waals surface area contributed by atoms with Crippen molar-refractivity contribution in [1.29, 1.82) is 5.26 Å². The lowest BCUT2D eigenvalue weighted by Gasteiger charge is -2.04. The van der Waals surface area contributed by atoms with E-state index >= 15 is 0 Å². The van der Waals surface area contributed by atoms with Gasteiger partial charge in [0.05, 0.1) is 12.0 Å². The van der Waals surface area contributed by atoms with E-state index in [0.717, 1.165) is 20.9 Å². The molecular formula is C13H14N4S2. The summed E-state index contributed by atoms with van der Waals surface area (Å²) in [5, 5.41) is 21.0. The number of rotatable bonds is 5. The van der Waals surface area contributed by atoms with Crippen molar-refractivity contribution in [2.24, 2.45) is 5.92 Å². The predicted octanol–water partition coefficient (Wildman–Crippen LogP) is 3.84. The van der Waals surface area contributed by atoms with Gasteiger partial charge in [0, 0.05) is 11.4 Å². The monoisotopic (exact) mass is 290 g/mol. The molecule has 0 bridgehead atoms. The maximum atomic E-state index is 8.74. The molecular weight excluding hydrogens is 276 g/mol. The summed E-state index contributed by atoms with van der Waals surface area (Å²) >= 11 is 3.08. The molecule has 0 saturated heterocycles. The quantitative estimate of drug-likeness (QED) is 0.848. The average Bonchev–Trinajstić information content (AvgIpc) is 2.86. The number of hydrogen-bond donors (Lipinski definition) is 1. The van der Waals surface area contributed by atoms with Crippen molar-refractivity contribution in [3.8, 4) is 6.07 Å². The fraction of sp³-hybridized carbons (Fsp3) is 0.308. The van der Waals surface area contributed by atoms with Crippen LogP contribution in [0.25, 0.3) is 0 Å². The van der Waals surface area contributed by atoms with Crippen molar-refractivity contribution in [1.82, 2.24) is 10.2 Å². The van der Waals surface area contributed by atoms with E-state index in [1.54, 1.807) is 11.8 Å². The SMILES string of the molecule is Cc1ccccc1Nc1nnc(SC[C@@H](C)C#N)s1. The van der Waals surface area contributed by atoms with Crippen molar-refractivity contribution in [2.45, 2.75) is 18.2 Å². The van der Waals surface area contributed by atoms with E-state index in [-0.39, 0.29) is 5.92 Å². The molecule has 1 N–H and O–H groups in total. The Morgan fingerprint density at radius 3 is 2.95 bits per heavy atom. The van der Waals surface area contributed by atoms with Gasteiger partial charge in [0.25, 0.3) is 0 Å². The largest absolute Gasteiger partial charge is 0.330 e. The van der Waals surface area contributed by atoms with Gasteiger partial charge >= 0.3 is 0 Å². The maximum absolute atomic E-state index is 8.74.